The van der Waals surface area contributed by atoms with Crippen LogP contribution in [0.4, 0.5) is 0 Å². The fraction of sp³-hybridized carbons (Fsp3) is 0.615. The molecule has 1 aromatic rings. The van der Waals surface area contributed by atoms with Gasteiger partial charge in [0.25, 0.3) is 0 Å². The van der Waals surface area contributed by atoms with Crippen LogP contribution < -0.4 is 0 Å². The van der Waals surface area contributed by atoms with Crippen LogP contribution in [0.25, 0.3) is 0 Å². The second-order valence-electron chi connectivity index (χ2n) is 5.23. The van der Waals surface area contributed by atoms with Gasteiger partial charge >= 0.3 is 0 Å². The fourth-order valence-corrected chi connectivity index (χ4v) is 5.16. The number of aryl methyl sites for hydroxylation is 1. The number of rotatable bonds is 2. The average Bonchev–Trinajstić information content (AvgIpc) is 2.61. The van der Waals surface area contributed by atoms with E-state index in [-0.39, 0.29) is 22.2 Å². The van der Waals surface area contributed by atoms with Crippen molar-refractivity contribution >= 4 is 16.6 Å². The lowest BCUT2D eigenvalue weighted by Gasteiger charge is -2.25. The molecule has 96 valence electrons. The van der Waals surface area contributed by atoms with Crippen molar-refractivity contribution in [2.75, 3.05) is 0 Å². The van der Waals surface area contributed by atoms with Gasteiger partial charge in [0, 0.05) is 33.4 Å². The van der Waals surface area contributed by atoms with Crippen LogP contribution in [-0.2, 0) is 10.8 Å². The Morgan fingerprint density at radius 1 is 1.28 bits per heavy atom. The molecular formula is C13H16N2O2S. The number of fused-ring (bicyclic) bond motifs is 2. The summed E-state index contributed by atoms with van der Waals surface area (Å²) in [5.41, 5.74) is 1.23. The van der Waals surface area contributed by atoms with E-state index in [1.165, 1.54) is 0 Å². The molecule has 0 aliphatic carbocycles. The molecule has 2 unspecified atom stereocenters. The number of nitrogens with zero attached hydrogens (tertiary/aromatic N) is 2. The first kappa shape index (κ1) is 12.0. The highest BCUT2D eigenvalue weighted by molar-refractivity contribution is 7.86. The molecule has 3 rings (SSSR count). The third kappa shape index (κ3) is 2.00. The van der Waals surface area contributed by atoms with Crippen molar-refractivity contribution < 1.29 is 9.00 Å². The highest BCUT2D eigenvalue weighted by Gasteiger charge is 2.43. The van der Waals surface area contributed by atoms with Gasteiger partial charge in [0.1, 0.15) is 5.69 Å². The van der Waals surface area contributed by atoms with Gasteiger partial charge in [-0.05, 0) is 32.6 Å². The standard InChI is InChI=1S/C13H16N2O2S/c1-8-6-14-7-12(15-8)13(16)9-4-10-2-3-11(5-9)18(10)17/h6-7,9-11H,2-5H2,1H3. The molecule has 3 heterocycles. The van der Waals surface area contributed by atoms with Gasteiger partial charge in [0.15, 0.2) is 5.78 Å². The zero-order valence-electron chi connectivity index (χ0n) is 10.3. The Kier molecular flexibility index (Phi) is 3.01. The van der Waals surface area contributed by atoms with Crippen molar-refractivity contribution in [3.8, 4) is 0 Å². The third-order valence-corrected chi connectivity index (χ3v) is 6.11. The van der Waals surface area contributed by atoms with Gasteiger partial charge < -0.3 is 0 Å². The molecule has 2 atom stereocenters. The maximum absolute atomic E-state index is 12.4. The molecule has 0 radical (unpaired) electrons. The molecule has 2 aliphatic heterocycles. The van der Waals surface area contributed by atoms with Crippen molar-refractivity contribution in [1.29, 1.82) is 0 Å². The number of hydrogen-bond donors (Lipinski definition) is 0. The predicted molar refractivity (Wildman–Crippen MR) is 68.8 cm³/mol. The maximum atomic E-state index is 12.4. The van der Waals surface area contributed by atoms with E-state index in [9.17, 15) is 9.00 Å². The molecule has 2 fully saturated rings. The predicted octanol–water partition coefficient (Wildman–Crippen LogP) is 1.66. The molecule has 0 spiro atoms. The van der Waals surface area contributed by atoms with Crippen LogP contribution in [0.5, 0.6) is 0 Å². The molecule has 0 aromatic carbocycles. The average molecular weight is 264 g/mol. The molecule has 18 heavy (non-hydrogen) atoms. The van der Waals surface area contributed by atoms with E-state index in [4.69, 9.17) is 0 Å². The molecule has 2 aliphatic rings. The Hall–Kier alpha value is -1.10. The smallest absolute Gasteiger partial charge is 0.185 e. The molecule has 2 bridgehead atoms. The first-order chi connectivity index (χ1) is 8.65. The lowest BCUT2D eigenvalue weighted by atomic mass is 9.93. The van der Waals surface area contributed by atoms with Crippen LogP contribution >= 0.6 is 0 Å². The third-order valence-electron chi connectivity index (χ3n) is 3.94. The van der Waals surface area contributed by atoms with E-state index in [1.807, 2.05) is 6.92 Å². The minimum Gasteiger partial charge on any atom is -0.292 e. The Balaban J connectivity index is 1.80. The van der Waals surface area contributed by atoms with Gasteiger partial charge in [0.2, 0.25) is 0 Å². The van der Waals surface area contributed by atoms with E-state index in [2.05, 4.69) is 9.97 Å². The SMILES string of the molecule is Cc1cncc(C(=O)C2CC3CCC(C2)S3=O)n1. The first-order valence-electron chi connectivity index (χ1n) is 6.37. The molecule has 0 N–H and O–H groups in total. The molecule has 0 amide bonds. The lowest BCUT2D eigenvalue weighted by Crippen LogP contribution is -2.32. The monoisotopic (exact) mass is 264 g/mol. The summed E-state index contributed by atoms with van der Waals surface area (Å²) in [7, 11) is -0.705. The fourth-order valence-electron chi connectivity index (χ4n) is 3.04. The zero-order chi connectivity index (χ0) is 12.7. The van der Waals surface area contributed by atoms with Gasteiger partial charge in [0.05, 0.1) is 11.9 Å². The summed E-state index contributed by atoms with van der Waals surface area (Å²) >= 11 is 0. The summed E-state index contributed by atoms with van der Waals surface area (Å²) in [5.74, 6) is 0.0797. The summed E-state index contributed by atoms with van der Waals surface area (Å²) in [5, 5.41) is 0.464. The van der Waals surface area contributed by atoms with Crippen molar-refractivity contribution in [3.63, 3.8) is 0 Å². The maximum Gasteiger partial charge on any atom is 0.185 e. The Bertz CT molecular complexity index is 501. The summed E-state index contributed by atoms with van der Waals surface area (Å²) in [4.78, 5) is 20.7. The minimum atomic E-state index is -0.705. The molecule has 4 nitrogen and oxygen atoms in total. The minimum absolute atomic E-state index is 0.00343. The lowest BCUT2D eigenvalue weighted by molar-refractivity contribution is 0.0900. The second kappa shape index (κ2) is 4.53. The van der Waals surface area contributed by atoms with Crippen molar-refractivity contribution in [2.45, 2.75) is 43.1 Å². The summed E-state index contributed by atoms with van der Waals surface area (Å²) in [6, 6.07) is 0. The number of aromatic nitrogens is 2. The van der Waals surface area contributed by atoms with E-state index >= 15 is 0 Å². The van der Waals surface area contributed by atoms with Crippen LogP contribution in [0.1, 0.15) is 41.9 Å². The number of Topliss-reactive ketones (excluding diaryl/α,β-unsaturated/α-hetero) is 1. The number of hydrogen-bond acceptors (Lipinski definition) is 4. The van der Waals surface area contributed by atoms with Gasteiger partial charge in [-0.1, -0.05) is 0 Å². The van der Waals surface area contributed by atoms with Gasteiger partial charge in [-0.2, -0.15) is 0 Å². The van der Waals surface area contributed by atoms with E-state index in [1.54, 1.807) is 12.4 Å². The quantitative estimate of drug-likeness (QED) is 0.762. The topological polar surface area (TPSA) is 59.9 Å². The Morgan fingerprint density at radius 3 is 2.56 bits per heavy atom. The highest BCUT2D eigenvalue weighted by atomic mass is 32.2. The largest absolute Gasteiger partial charge is 0.292 e. The molecule has 2 saturated heterocycles. The van der Waals surface area contributed by atoms with Crippen LogP contribution in [0, 0.1) is 12.8 Å². The number of carbonyl (C=O) groups is 1. The molecule has 0 saturated carbocycles. The zero-order valence-corrected chi connectivity index (χ0v) is 11.2. The van der Waals surface area contributed by atoms with E-state index in [0.717, 1.165) is 31.4 Å². The van der Waals surface area contributed by atoms with E-state index < -0.39 is 10.8 Å². The summed E-state index contributed by atoms with van der Waals surface area (Å²) in [6.45, 7) is 1.84. The highest BCUT2D eigenvalue weighted by Crippen LogP contribution is 2.39. The van der Waals surface area contributed by atoms with E-state index in [0.29, 0.717) is 5.69 Å². The summed E-state index contributed by atoms with van der Waals surface area (Å²) < 4.78 is 11.9. The van der Waals surface area contributed by atoms with Crippen molar-refractivity contribution in [3.05, 3.63) is 23.8 Å². The van der Waals surface area contributed by atoms with Crippen LogP contribution in [0.15, 0.2) is 12.4 Å². The number of ketones is 1. The Morgan fingerprint density at radius 2 is 1.94 bits per heavy atom. The first-order valence-corrected chi connectivity index (χ1v) is 7.65. The summed E-state index contributed by atoms with van der Waals surface area (Å²) in [6.07, 6.45) is 6.75. The molecular weight excluding hydrogens is 248 g/mol. The van der Waals surface area contributed by atoms with Gasteiger partial charge in [-0.25, -0.2) is 4.98 Å². The second-order valence-corrected chi connectivity index (χ2v) is 7.22. The van der Waals surface area contributed by atoms with Crippen molar-refractivity contribution in [1.82, 2.24) is 9.97 Å². The van der Waals surface area contributed by atoms with Crippen LogP contribution in [0.2, 0.25) is 0 Å². The van der Waals surface area contributed by atoms with Crippen LogP contribution in [-0.4, -0.2) is 30.5 Å². The van der Waals surface area contributed by atoms with Gasteiger partial charge in [-0.15, -0.1) is 0 Å². The normalized spacial score (nSPS) is 34.5. The Labute approximate surface area is 109 Å². The number of carbonyl (C=O) groups excluding carboxylic acids is 1. The van der Waals surface area contributed by atoms with Crippen molar-refractivity contribution in [2.24, 2.45) is 5.92 Å². The van der Waals surface area contributed by atoms with Gasteiger partial charge in [-0.3, -0.25) is 14.0 Å². The van der Waals surface area contributed by atoms with Crippen LogP contribution in [0.3, 0.4) is 0 Å². The molecule has 5 heteroatoms. The molecule has 1 aromatic heterocycles.